The van der Waals surface area contributed by atoms with Crippen LogP contribution in [0.5, 0.6) is 0 Å². The number of hydrogen-bond acceptors (Lipinski definition) is 3. The molecular weight excluding hydrogens is 292 g/mol. The summed E-state index contributed by atoms with van der Waals surface area (Å²) in [6.07, 6.45) is 0. The van der Waals surface area contributed by atoms with Gasteiger partial charge in [-0.15, -0.1) is 0 Å². The topological polar surface area (TPSA) is 25.8 Å². The van der Waals surface area contributed by atoms with Gasteiger partial charge >= 0.3 is 0 Å². The molecule has 0 bridgehead atoms. The monoisotopic (exact) mass is 292 g/mol. The largest absolute Gasteiger partial charge is 0.172 e. The number of fused-ring (bicyclic) bond motifs is 1. The highest BCUT2D eigenvalue weighted by Gasteiger charge is 2.05. The van der Waals surface area contributed by atoms with Crippen molar-refractivity contribution < 1.29 is 0 Å². The van der Waals surface area contributed by atoms with Gasteiger partial charge in [0.15, 0.2) is 0 Å². The van der Waals surface area contributed by atoms with E-state index in [4.69, 9.17) is 0 Å². The molecule has 0 radical (unpaired) electrons. The van der Waals surface area contributed by atoms with Crippen molar-refractivity contribution in [2.45, 2.75) is 0 Å². The molecule has 0 saturated carbocycles. The number of aromatic nitrogens is 2. The Morgan fingerprint density at radius 2 is 1.45 bits per heavy atom. The van der Waals surface area contributed by atoms with Crippen molar-refractivity contribution in [3.05, 3.63) is 21.1 Å². The van der Waals surface area contributed by atoms with Gasteiger partial charge in [0, 0.05) is 8.95 Å². The molecule has 0 aliphatic rings. The Kier molecular flexibility index (Phi) is 1.95. The summed E-state index contributed by atoms with van der Waals surface area (Å²) < 4.78 is 10.2. The Labute approximate surface area is 84.2 Å². The third kappa shape index (κ3) is 1.21. The maximum atomic E-state index is 4.13. The molecule has 1 aromatic heterocycles. The standard InChI is InChI=1S/C6H2Br2N2S/c7-3-1-2-4(8)6-5(3)9-11-10-6/h1-2H. The Morgan fingerprint density at radius 1 is 1.00 bits per heavy atom. The molecule has 2 rings (SSSR count). The Bertz CT molecular complexity index is 362. The van der Waals surface area contributed by atoms with Crippen molar-refractivity contribution in [3.8, 4) is 0 Å². The summed E-state index contributed by atoms with van der Waals surface area (Å²) in [7, 11) is 0. The molecule has 0 aliphatic heterocycles. The first kappa shape index (κ1) is 7.64. The Morgan fingerprint density at radius 3 is 1.91 bits per heavy atom. The van der Waals surface area contributed by atoms with Crippen molar-refractivity contribution in [1.29, 1.82) is 0 Å². The first-order chi connectivity index (χ1) is 5.29. The first-order valence-electron chi connectivity index (χ1n) is 2.85. The number of rotatable bonds is 0. The van der Waals surface area contributed by atoms with Crippen LogP contribution in [0.4, 0.5) is 0 Å². The van der Waals surface area contributed by atoms with Crippen LogP contribution in [0.15, 0.2) is 21.1 Å². The van der Waals surface area contributed by atoms with Gasteiger partial charge in [0.2, 0.25) is 0 Å². The van der Waals surface area contributed by atoms with E-state index in [2.05, 4.69) is 40.6 Å². The molecule has 2 nitrogen and oxygen atoms in total. The predicted octanol–water partition coefficient (Wildman–Crippen LogP) is 3.22. The van der Waals surface area contributed by atoms with Crippen molar-refractivity contribution in [1.82, 2.24) is 8.75 Å². The number of halogens is 2. The van der Waals surface area contributed by atoms with E-state index in [1.54, 1.807) is 0 Å². The molecule has 56 valence electrons. The van der Waals surface area contributed by atoms with Crippen LogP contribution < -0.4 is 0 Å². The maximum Gasteiger partial charge on any atom is 0.120 e. The molecule has 0 atom stereocenters. The minimum atomic E-state index is 0.921. The van der Waals surface area contributed by atoms with Crippen molar-refractivity contribution >= 4 is 54.6 Å². The fourth-order valence-electron chi connectivity index (χ4n) is 0.806. The zero-order chi connectivity index (χ0) is 7.84. The van der Waals surface area contributed by atoms with Gasteiger partial charge in [0.25, 0.3) is 0 Å². The lowest BCUT2D eigenvalue weighted by Gasteiger charge is -1.92. The van der Waals surface area contributed by atoms with Gasteiger partial charge in [0.05, 0.1) is 11.7 Å². The molecule has 2 aromatic rings. The predicted molar refractivity (Wildman–Crippen MR) is 52.8 cm³/mol. The Hall–Kier alpha value is -0.0000000000000000555. The summed E-state index contributed by atoms with van der Waals surface area (Å²) in [5.74, 6) is 0. The molecular formula is C6H2Br2N2S. The lowest BCUT2D eigenvalue weighted by Crippen LogP contribution is -1.73. The highest BCUT2D eigenvalue weighted by atomic mass is 79.9. The van der Waals surface area contributed by atoms with Gasteiger partial charge in [-0.05, 0) is 44.0 Å². The molecule has 11 heavy (non-hydrogen) atoms. The average molecular weight is 294 g/mol. The van der Waals surface area contributed by atoms with Gasteiger partial charge < -0.3 is 0 Å². The van der Waals surface area contributed by atoms with Crippen LogP contribution in [0, 0.1) is 0 Å². The van der Waals surface area contributed by atoms with E-state index in [1.807, 2.05) is 12.1 Å². The molecule has 0 aliphatic carbocycles. The van der Waals surface area contributed by atoms with E-state index >= 15 is 0 Å². The molecule has 0 spiro atoms. The van der Waals surface area contributed by atoms with E-state index in [9.17, 15) is 0 Å². The van der Waals surface area contributed by atoms with Crippen molar-refractivity contribution in [2.75, 3.05) is 0 Å². The van der Waals surface area contributed by atoms with Crippen LogP contribution in [-0.4, -0.2) is 8.75 Å². The number of benzene rings is 1. The number of hydrogen-bond donors (Lipinski definition) is 0. The van der Waals surface area contributed by atoms with E-state index in [-0.39, 0.29) is 0 Å². The average Bonchev–Trinajstić information content (AvgIpc) is 2.45. The molecule has 0 fully saturated rings. The van der Waals surface area contributed by atoms with E-state index in [0.717, 1.165) is 20.0 Å². The molecule has 0 unspecified atom stereocenters. The van der Waals surface area contributed by atoms with Gasteiger partial charge in [-0.3, -0.25) is 0 Å². The summed E-state index contributed by atoms with van der Waals surface area (Å²) in [5, 5.41) is 0. The molecule has 1 aromatic carbocycles. The van der Waals surface area contributed by atoms with Gasteiger partial charge in [-0.2, -0.15) is 8.75 Å². The lowest BCUT2D eigenvalue weighted by atomic mass is 10.3. The van der Waals surface area contributed by atoms with E-state index in [1.165, 1.54) is 11.7 Å². The quantitative estimate of drug-likeness (QED) is 0.745. The third-order valence-electron chi connectivity index (χ3n) is 1.32. The Balaban J connectivity index is 2.96. The molecule has 0 amide bonds. The second-order valence-electron chi connectivity index (χ2n) is 1.99. The summed E-state index contributed by atoms with van der Waals surface area (Å²) in [5.41, 5.74) is 1.84. The first-order valence-corrected chi connectivity index (χ1v) is 5.17. The molecule has 1 heterocycles. The highest BCUT2D eigenvalue weighted by Crippen LogP contribution is 2.28. The lowest BCUT2D eigenvalue weighted by molar-refractivity contribution is 1.58. The summed E-state index contributed by atoms with van der Waals surface area (Å²) in [6, 6.07) is 3.90. The minimum absolute atomic E-state index is 0.921. The highest BCUT2D eigenvalue weighted by molar-refractivity contribution is 9.11. The van der Waals surface area contributed by atoms with Crippen molar-refractivity contribution in [2.24, 2.45) is 0 Å². The van der Waals surface area contributed by atoms with Crippen molar-refractivity contribution in [3.63, 3.8) is 0 Å². The van der Waals surface area contributed by atoms with Crippen LogP contribution in [0.3, 0.4) is 0 Å². The molecule has 0 N–H and O–H groups in total. The van der Waals surface area contributed by atoms with Crippen LogP contribution in [0.2, 0.25) is 0 Å². The molecule has 5 heteroatoms. The van der Waals surface area contributed by atoms with Gasteiger partial charge in [-0.25, -0.2) is 0 Å². The minimum Gasteiger partial charge on any atom is -0.172 e. The molecule has 0 saturated heterocycles. The second-order valence-corrected chi connectivity index (χ2v) is 4.23. The smallest absolute Gasteiger partial charge is 0.120 e. The van der Waals surface area contributed by atoms with Crippen LogP contribution in [-0.2, 0) is 0 Å². The fraction of sp³-hybridized carbons (Fsp3) is 0. The van der Waals surface area contributed by atoms with E-state index < -0.39 is 0 Å². The summed E-state index contributed by atoms with van der Waals surface area (Å²) >= 11 is 8.01. The van der Waals surface area contributed by atoms with Gasteiger partial charge in [-0.1, -0.05) is 0 Å². The van der Waals surface area contributed by atoms with Crippen LogP contribution in [0.25, 0.3) is 11.0 Å². The van der Waals surface area contributed by atoms with Gasteiger partial charge in [0.1, 0.15) is 11.0 Å². The zero-order valence-electron chi connectivity index (χ0n) is 5.21. The van der Waals surface area contributed by atoms with Crippen LogP contribution in [0.1, 0.15) is 0 Å². The SMILES string of the molecule is Brc1ccc(Br)c2nsnc12. The third-order valence-corrected chi connectivity index (χ3v) is 3.13. The fourth-order valence-corrected chi connectivity index (χ4v) is 2.43. The van der Waals surface area contributed by atoms with Crippen LogP contribution >= 0.6 is 43.6 Å². The maximum absolute atomic E-state index is 4.13. The second kappa shape index (κ2) is 2.80. The normalized spacial score (nSPS) is 10.7. The summed E-state index contributed by atoms with van der Waals surface area (Å²) in [4.78, 5) is 0. The number of nitrogens with zero attached hydrogens (tertiary/aromatic N) is 2. The zero-order valence-corrected chi connectivity index (χ0v) is 9.20. The summed E-state index contributed by atoms with van der Waals surface area (Å²) in [6.45, 7) is 0. The van der Waals surface area contributed by atoms with E-state index in [0.29, 0.717) is 0 Å².